The van der Waals surface area contributed by atoms with Crippen LogP contribution in [0.25, 0.3) is 0 Å². The average molecular weight is 344 g/mol. The summed E-state index contributed by atoms with van der Waals surface area (Å²) >= 11 is 3.23. The van der Waals surface area contributed by atoms with E-state index < -0.39 is 4.92 Å². The first-order valence-electron chi connectivity index (χ1n) is 5.82. The molecule has 1 N–H and O–H groups in total. The van der Waals surface area contributed by atoms with Crippen LogP contribution in [0.3, 0.4) is 0 Å². The van der Waals surface area contributed by atoms with Gasteiger partial charge in [-0.2, -0.15) is 5.10 Å². The standard InChI is InChI=1S/C12H14BrN3O4/c1-3-20-12(17)6-8(2)14-15-10-7-9(13)4-5-11(10)16(18)19/h4-5,7,15H,3,6H2,1-2H3/b14-8+. The number of halogens is 1. The van der Waals surface area contributed by atoms with Gasteiger partial charge in [-0.15, -0.1) is 0 Å². The molecule has 0 aromatic heterocycles. The summed E-state index contributed by atoms with van der Waals surface area (Å²) < 4.78 is 5.47. The largest absolute Gasteiger partial charge is 0.466 e. The van der Waals surface area contributed by atoms with E-state index in [1.165, 1.54) is 6.07 Å². The van der Waals surface area contributed by atoms with Crippen molar-refractivity contribution in [3.63, 3.8) is 0 Å². The van der Waals surface area contributed by atoms with Crippen LogP contribution < -0.4 is 5.43 Å². The predicted molar refractivity (Wildman–Crippen MR) is 78.8 cm³/mol. The summed E-state index contributed by atoms with van der Waals surface area (Å²) in [5, 5.41) is 14.8. The molecule has 0 aliphatic carbocycles. The second kappa shape index (κ2) is 7.59. The molecule has 7 nitrogen and oxygen atoms in total. The molecule has 0 radical (unpaired) electrons. The van der Waals surface area contributed by atoms with Crippen LogP contribution in [0.5, 0.6) is 0 Å². The number of nitro groups is 1. The van der Waals surface area contributed by atoms with Crippen LogP contribution in [0.15, 0.2) is 27.8 Å². The van der Waals surface area contributed by atoms with E-state index in [1.807, 2.05) is 0 Å². The molecule has 108 valence electrons. The van der Waals surface area contributed by atoms with Crippen LogP contribution >= 0.6 is 15.9 Å². The molecule has 1 aromatic rings. The second-order valence-corrected chi connectivity index (χ2v) is 4.77. The van der Waals surface area contributed by atoms with E-state index in [1.54, 1.807) is 26.0 Å². The molecule has 0 saturated carbocycles. The molecule has 1 aromatic carbocycles. The number of nitro benzene ring substituents is 1. The number of benzene rings is 1. The Kier molecular flexibility index (Phi) is 6.10. The van der Waals surface area contributed by atoms with Crippen LogP contribution in [0, 0.1) is 10.1 Å². The number of hydrazone groups is 1. The van der Waals surface area contributed by atoms with E-state index in [0.717, 1.165) is 0 Å². The molecule has 0 unspecified atom stereocenters. The lowest BCUT2D eigenvalue weighted by Crippen LogP contribution is -2.10. The topological polar surface area (TPSA) is 93.8 Å². The van der Waals surface area contributed by atoms with E-state index in [2.05, 4.69) is 26.5 Å². The van der Waals surface area contributed by atoms with Crippen molar-refractivity contribution in [2.24, 2.45) is 5.10 Å². The summed E-state index contributed by atoms with van der Waals surface area (Å²) in [6, 6.07) is 4.47. The van der Waals surface area contributed by atoms with Gasteiger partial charge in [0.1, 0.15) is 5.69 Å². The van der Waals surface area contributed by atoms with Gasteiger partial charge in [0, 0.05) is 16.3 Å². The number of nitrogens with one attached hydrogen (secondary N) is 1. The quantitative estimate of drug-likeness (QED) is 0.370. The molecule has 0 aliphatic rings. The molecular formula is C12H14BrN3O4. The average Bonchev–Trinajstić information content (AvgIpc) is 2.36. The third kappa shape index (κ3) is 4.96. The third-order valence-corrected chi connectivity index (χ3v) is 2.72. The van der Waals surface area contributed by atoms with Crippen LogP contribution in [0.4, 0.5) is 11.4 Å². The Balaban J connectivity index is 2.80. The van der Waals surface area contributed by atoms with Gasteiger partial charge in [-0.25, -0.2) is 0 Å². The van der Waals surface area contributed by atoms with Crippen LogP contribution in [0.1, 0.15) is 20.3 Å². The van der Waals surface area contributed by atoms with E-state index in [0.29, 0.717) is 16.8 Å². The number of ether oxygens (including phenoxy) is 1. The number of esters is 1. The number of carbonyl (C=O) groups is 1. The maximum atomic E-state index is 11.2. The van der Waals surface area contributed by atoms with Gasteiger partial charge in [0.2, 0.25) is 0 Å². The first-order valence-corrected chi connectivity index (χ1v) is 6.62. The highest BCUT2D eigenvalue weighted by Gasteiger charge is 2.13. The van der Waals surface area contributed by atoms with Crippen LogP contribution in [-0.2, 0) is 9.53 Å². The lowest BCUT2D eigenvalue weighted by Gasteiger charge is -2.05. The maximum absolute atomic E-state index is 11.2. The Morgan fingerprint density at radius 2 is 2.25 bits per heavy atom. The Morgan fingerprint density at radius 3 is 2.85 bits per heavy atom. The molecule has 20 heavy (non-hydrogen) atoms. The summed E-state index contributed by atoms with van der Waals surface area (Å²) in [5.41, 5.74) is 3.21. The molecule has 8 heteroatoms. The fourth-order valence-corrected chi connectivity index (χ4v) is 1.73. The van der Waals surface area contributed by atoms with E-state index >= 15 is 0 Å². The summed E-state index contributed by atoms with van der Waals surface area (Å²) in [6.07, 6.45) is 0.0304. The van der Waals surface area contributed by atoms with Gasteiger partial charge in [-0.1, -0.05) is 15.9 Å². The van der Waals surface area contributed by atoms with Crippen molar-refractivity contribution in [2.75, 3.05) is 12.0 Å². The summed E-state index contributed by atoms with van der Waals surface area (Å²) in [6.45, 7) is 3.65. The van der Waals surface area contributed by atoms with Crippen LogP contribution in [0.2, 0.25) is 0 Å². The number of hydrogen-bond donors (Lipinski definition) is 1. The number of carbonyl (C=O) groups excluding carboxylic acids is 1. The van der Waals surface area contributed by atoms with Crippen molar-refractivity contribution in [1.82, 2.24) is 0 Å². The van der Waals surface area contributed by atoms with Crippen molar-refractivity contribution in [3.8, 4) is 0 Å². The summed E-state index contributed by atoms with van der Waals surface area (Å²) in [4.78, 5) is 21.6. The fraction of sp³-hybridized carbons (Fsp3) is 0.333. The van der Waals surface area contributed by atoms with Crippen LogP contribution in [-0.4, -0.2) is 23.2 Å². The Labute approximate surface area is 124 Å². The lowest BCUT2D eigenvalue weighted by molar-refractivity contribution is -0.384. The molecule has 0 aliphatic heterocycles. The third-order valence-electron chi connectivity index (χ3n) is 2.23. The Morgan fingerprint density at radius 1 is 1.55 bits per heavy atom. The van der Waals surface area contributed by atoms with Gasteiger partial charge in [0.15, 0.2) is 0 Å². The molecule has 0 atom stereocenters. The molecule has 0 saturated heterocycles. The van der Waals surface area contributed by atoms with Gasteiger partial charge in [0.25, 0.3) is 5.69 Å². The highest BCUT2D eigenvalue weighted by Crippen LogP contribution is 2.27. The number of hydrogen-bond acceptors (Lipinski definition) is 6. The van der Waals surface area contributed by atoms with Gasteiger partial charge >= 0.3 is 5.97 Å². The van der Waals surface area contributed by atoms with Crippen molar-refractivity contribution in [3.05, 3.63) is 32.8 Å². The minimum atomic E-state index is -0.509. The highest BCUT2D eigenvalue weighted by atomic mass is 79.9. The van der Waals surface area contributed by atoms with Crippen molar-refractivity contribution < 1.29 is 14.5 Å². The number of anilines is 1. The van der Waals surface area contributed by atoms with Gasteiger partial charge in [-0.3, -0.25) is 20.3 Å². The van der Waals surface area contributed by atoms with E-state index in [-0.39, 0.29) is 23.8 Å². The zero-order chi connectivity index (χ0) is 15.1. The first kappa shape index (κ1) is 16.1. The minimum Gasteiger partial charge on any atom is -0.466 e. The van der Waals surface area contributed by atoms with Crippen molar-refractivity contribution in [2.45, 2.75) is 20.3 Å². The molecule has 0 bridgehead atoms. The monoisotopic (exact) mass is 343 g/mol. The first-order chi connectivity index (χ1) is 9.43. The second-order valence-electron chi connectivity index (χ2n) is 3.86. The molecule has 0 fully saturated rings. The lowest BCUT2D eigenvalue weighted by atomic mass is 10.3. The SMILES string of the molecule is CCOC(=O)C/C(C)=N/Nc1cc(Br)ccc1[N+](=O)[O-]. The maximum Gasteiger partial charge on any atom is 0.311 e. The van der Waals surface area contributed by atoms with Crippen molar-refractivity contribution >= 4 is 39.0 Å². The molecular weight excluding hydrogens is 330 g/mol. The summed E-state index contributed by atoms with van der Waals surface area (Å²) in [5.74, 6) is -0.390. The van der Waals surface area contributed by atoms with Gasteiger partial charge < -0.3 is 4.74 Å². The van der Waals surface area contributed by atoms with Gasteiger partial charge in [0.05, 0.1) is 18.0 Å². The molecule has 0 spiro atoms. The zero-order valence-electron chi connectivity index (χ0n) is 11.1. The number of nitrogens with zero attached hydrogens (tertiary/aromatic N) is 2. The molecule has 0 heterocycles. The Bertz CT molecular complexity index is 546. The fourth-order valence-electron chi connectivity index (χ4n) is 1.37. The van der Waals surface area contributed by atoms with Gasteiger partial charge in [-0.05, 0) is 26.0 Å². The molecule has 0 amide bonds. The van der Waals surface area contributed by atoms with Crippen molar-refractivity contribution in [1.29, 1.82) is 0 Å². The minimum absolute atomic E-state index is 0.0304. The summed E-state index contributed by atoms with van der Waals surface area (Å²) in [7, 11) is 0. The Hall–Kier alpha value is -1.96. The number of rotatable bonds is 6. The zero-order valence-corrected chi connectivity index (χ0v) is 12.6. The normalized spacial score (nSPS) is 11.1. The smallest absolute Gasteiger partial charge is 0.311 e. The highest BCUT2D eigenvalue weighted by molar-refractivity contribution is 9.10. The van der Waals surface area contributed by atoms with E-state index in [9.17, 15) is 14.9 Å². The van der Waals surface area contributed by atoms with E-state index in [4.69, 9.17) is 4.74 Å². The molecule has 1 rings (SSSR count). The predicted octanol–water partition coefficient (Wildman–Crippen LogP) is 3.10.